The number of thiophene rings is 1. The molecule has 8 heteroatoms. The first kappa shape index (κ1) is 16.1. The van der Waals surface area contributed by atoms with Gasteiger partial charge in [-0.1, -0.05) is 30.3 Å². The SMILES string of the molecule is CO[C@H]1O[C@@H]2CO[C@@H](c3ccccc3)O[C@H]2c2sc3ncnc(N)c3c21. The molecule has 2 N–H and O–H groups in total. The zero-order valence-electron chi connectivity index (χ0n) is 14.0. The predicted octanol–water partition coefficient (Wildman–Crippen LogP) is 3.10. The Morgan fingerprint density at radius 1 is 1.19 bits per heavy atom. The van der Waals surface area contributed by atoms with Crippen LogP contribution in [0.25, 0.3) is 10.2 Å². The third-order valence-electron chi connectivity index (χ3n) is 4.68. The average molecular weight is 371 g/mol. The smallest absolute Gasteiger partial charge is 0.186 e. The maximum Gasteiger partial charge on any atom is 0.186 e. The van der Waals surface area contributed by atoms with E-state index in [1.54, 1.807) is 18.4 Å². The van der Waals surface area contributed by atoms with E-state index in [-0.39, 0.29) is 12.2 Å². The Labute approximate surface area is 153 Å². The second-order valence-electron chi connectivity index (χ2n) is 6.19. The van der Waals surface area contributed by atoms with Crippen LogP contribution >= 0.6 is 11.3 Å². The van der Waals surface area contributed by atoms with E-state index in [1.807, 2.05) is 30.3 Å². The molecule has 4 atom stereocenters. The van der Waals surface area contributed by atoms with E-state index in [0.717, 1.165) is 26.2 Å². The molecule has 1 aromatic carbocycles. The molecule has 2 aromatic heterocycles. The topological polar surface area (TPSA) is 88.7 Å². The number of fused-ring (bicyclic) bond motifs is 5. The third-order valence-corrected chi connectivity index (χ3v) is 5.86. The highest BCUT2D eigenvalue weighted by Crippen LogP contribution is 2.50. The maximum atomic E-state index is 6.28. The lowest BCUT2D eigenvalue weighted by molar-refractivity contribution is -0.305. The summed E-state index contributed by atoms with van der Waals surface area (Å²) < 4.78 is 23.8. The Bertz CT molecular complexity index is 948. The number of benzene rings is 1. The van der Waals surface area contributed by atoms with E-state index in [1.165, 1.54) is 6.33 Å². The minimum atomic E-state index is -0.547. The van der Waals surface area contributed by atoms with E-state index in [9.17, 15) is 0 Å². The molecule has 7 nitrogen and oxygen atoms in total. The molecule has 3 aromatic rings. The largest absolute Gasteiger partial charge is 0.383 e. The number of ether oxygens (including phenoxy) is 4. The summed E-state index contributed by atoms with van der Waals surface area (Å²) in [6.07, 6.45) is -0.0452. The fourth-order valence-electron chi connectivity index (χ4n) is 3.50. The molecule has 26 heavy (non-hydrogen) atoms. The maximum absolute atomic E-state index is 6.28. The summed E-state index contributed by atoms with van der Waals surface area (Å²) in [7, 11) is 1.61. The molecule has 4 heterocycles. The van der Waals surface area contributed by atoms with Crippen molar-refractivity contribution < 1.29 is 18.9 Å². The lowest BCUT2D eigenvalue weighted by Crippen LogP contribution is -2.40. The molecular formula is C18H17N3O4S. The van der Waals surface area contributed by atoms with Gasteiger partial charge in [-0.3, -0.25) is 0 Å². The van der Waals surface area contributed by atoms with E-state index in [0.29, 0.717) is 12.4 Å². The third kappa shape index (κ3) is 2.42. The van der Waals surface area contributed by atoms with Crippen LogP contribution in [0.2, 0.25) is 0 Å². The Balaban J connectivity index is 1.60. The lowest BCUT2D eigenvalue weighted by atomic mass is 10.0. The van der Waals surface area contributed by atoms with Crippen LogP contribution in [0.1, 0.15) is 34.7 Å². The van der Waals surface area contributed by atoms with Crippen LogP contribution in [-0.4, -0.2) is 29.8 Å². The minimum absolute atomic E-state index is 0.255. The van der Waals surface area contributed by atoms with Crippen molar-refractivity contribution in [1.29, 1.82) is 0 Å². The lowest BCUT2D eigenvalue weighted by Gasteiger charge is -2.41. The molecule has 0 aliphatic carbocycles. The van der Waals surface area contributed by atoms with E-state index >= 15 is 0 Å². The number of anilines is 1. The van der Waals surface area contributed by atoms with Crippen molar-refractivity contribution in [1.82, 2.24) is 9.97 Å². The summed E-state index contributed by atoms with van der Waals surface area (Å²) in [5.41, 5.74) is 7.94. The van der Waals surface area contributed by atoms with Crippen molar-refractivity contribution in [2.24, 2.45) is 0 Å². The van der Waals surface area contributed by atoms with Crippen LogP contribution in [0.4, 0.5) is 5.82 Å². The quantitative estimate of drug-likeness (QED) is 0.740. The summed E-state index contributed by atoms with van der Waals surface area (Å²) >= 11 is 1.54. The normalized spacial score (nSPS) is 27.9. The van der Waals surface area contributed by atoms with Crippen molar-refractivity contribution in [3.05, 3.63) is 52.7 Å². The highest BCUT2D eigenvalue weighted by atomic mass is 32.1. The minimum Gasteiger partial charge on any atom is -0.383 e. The predicted molar refractivity (Wildman–Crippen MR) is 95.4 cm³/mol. The number of rotatable bonds is 2. The first-order valence-corrected chi connectivity index (χ1v) is 9.11. The van der Waals surface area contributed by atoms with Crippen molar-refractivity contribution in [2.45, 2.75) is 24.8 Å². The van der Waals surface area contributed by atoms with E-state index < -0.39 is 12.6 Å². The number of hydrogen-bond acceptors (Lipinski definition) is 8. The molecule has 2 aliphatic rings. The first-order valence-electron chi connectivity index (χ1n) is 8.29. The standard InChI is InChI=1S/C18H17N3O4S/c1-22-18-11-12-15(19)20-8-21-16(12)26-14(11)13-10(24-18)7-23-17(25-13)9-5-3-2-4-6-9/h2-6,8,10,13,17-18H,7H2,1H3,(H2,19,20,21)/t10-,13-,17-,18+/m1/s1. The van der Waals surface area contributed by atoms with Gasteiger partial charge >= 0.3 is 0 Å². The number of nitrogens with two attached hydrogens (primary N) is 1. The molecule has 0 unspecified atom stereocenters. The molecule has 134 valence electrons. The number of aromatic nitrogens is 2. The van der Waals surface area contributed by atoms with Crippen LogP contribution in [0.3, 0.4) is 0 Å². The van der Waals surface area contributed by atoms with Gasteiger partial charge in [0.05, 0.1) is 12.0 Å². The zero-order chi connectivity index (χ0) is 17.7. The number of nitrogens with zero attached hydrogens (tertiary/aromatic N) is 2. The van der Waals surface area contributed by atoms with Gasteiger partial charge in [-0.15, -0.1) is 11.3 Å². The molecule has 1 saturated heterocycles. The molecule has 1 fully saturated rings. The number of hydrogen-bond donors (Lipinski definition) is 1. The van der Waals surface area contributed by atoms with Crippen LogP contribution in [0, 0.1) is 0 Å². The Hall–Kier alpha value is -2.10. The summed E-state index contributed by atoms with van der Waals surface area (Å²) in [5, 5.41) is 0.782. The van der Waals surface area contributed by atoms with Crippen molar-refractivity contribution >= 4 is 27.4 Å². The summed E-state index contributed by atoms with van der Waals surface area (Å²) in [4.78, 5) is 10.3. The zero-order valence-corrected chi connectivity index (χ0v) is 14.8. The van der Waals surface area contributed by atoms with Gasteiger partial charge in [0.2, 0.25) is 0 Å². The van der Waals surface area contributed by atoms with Gasteiger partial charge in [-0.25, -0.2) is 9.97 Å². The monoisotopic (exact) mass is 371 g/mol. The second-order valence-corrected chi connectivity index (χ2v) is 7.22. The van der Waals surface area contributed by atoms with Gasteiger partial charge in [0.25, 0.3) is 0 Å². The molecule has 0 bridgehead atoms. The van der Waals surface area contributed by atoms with Gasteiger partial charge in [-0.2, -0.15) is 0 Å². The fraction of sp³-hybridized carbons (Fsp3) is 0.333. The molecule has 0 amide bonds. The highest BCUT2D eigenvalue weighted by Gasteiger charge is 2.44. The number of methoxy groups -OCH3 is 1. The Kier molecular flexibility index (Phi) is 3.87. The van der Waals surface area contributed by atoms with Crippen molar-refractivity contribution in [2.75, 3.05) is 19.5 Å². The molecule has 2 aliphatic heterocycles. The summed E-state index contributed by atoms with van der Waals surface area (Å²) in [6.45, 7) is 0.416. The van der Waals surface area contributed by atoms with Crippen LogP contribution in [0.5, 0.6) is 0 Å². The number of nitrogen functional groups attached to an aromatic ring is 1. The average Bonchev–Trinajstić information content (AvgIpc) is 3.09. The van der Waals surface area contributed by atoms with Crippen molar-refractivity contribution in [3.63, 3.8) is 0 Å². The molecule has 0 radical (unpaired) electrons. The Morgan fingerprint density at radius 2 is 2.04 bits per heavy atom. The molecule has 0 spiro atoms. The van der Waals surface area contributed by atoms with E-state index in [2.05, 4.69) is 9.97 Å². The summed E-state index contributed by atoms with van der Waals surface area (Å²) in [6, 6.07) is 9.87. The van der Waals surface area contributed by atoms with Crippen LogP contribution in [-0.2, 0) is 18.9 Å². The van der Waals surface area contributed by atoms with Crippen LogP contribution in [0.15, 0.2) is 36.7 Å². The molecule has 0 saturated carbocycles. The summed E-state index contributed by atoms with van der Waals surface area (Å²) in [5.74, 6) is 0.420. The van der Waals surface area contributed by atoms with Crippen molar-refractivity contribution in [3.8, 4) is 0 Å². The van der Waals surface area contributed by atoms with Gasteiger partial charge in [0.15, 0.2) is 12.6 Å². The van der Waals surface area contributed by atoms with E-state index in [4.69, 9.17) is 24.7 Å². The first-order chi connectivity index (χ1) is 12.8. The second kappa shape index (κ2) is 6.26. The van der Waals surface area contributed by atoms with Gasteiger partial charge < -0.3 is 24.7 Å². The van der Waals surface area contributed by atoms with Gasteiger partial charge in [0, 0.05) is 23.1 Å². The van der Waals surface area contributed by atoms with Gasteiger partial charge in [-0.05, 0) is 0 Å². The fourth-order valence-corrected chi connectivity index (χ4v) is 4.75. The molecule has 5 rings (SSSR count). The highest BCUT2D eigenvalue weighted by molar-refractivity contribution is 7.19. The molecular weight excluding hydrogens is 354 g/mol. The van der Waals surface area contributed by atoms with Crippen LogP contribution < -0.4 is 5.73 Å². The Morgan fingerprint density at radius 3 is 2.85 bits per heavy atom. The van der Waals surface area contributed by atoms with Gasteiger partial charge in [0.1, 0.15) is 29.2 Å².